The second kappa shape index (κ2) is 4.82. The quantitative estimate of drug-likeness (QED) is 0.808. The molecule has 0 atom stereocenters. The van der Waals surface area contributed by atoms with Crippen molar-refractivity contribution in [1.82, 2.24) is 9.80 Å². The van der Waals surface area contributed by atoms with E-state index in [0.29, 0.717) is 13.1 Å². The van der Waals surface area contributed by atoms with Crippen molar-refractivity contribution >= 4 is 16.1 Å². The molecule has 0 spiro atoms. The standard InChI is InChI=1S/C12H17N3O3S/c1-14(2)12(16)15-6-5-9-3-4-11(19(13,17)18)7-10(9)8-15/h3-4,7H,5-6,8H2,1-2H3,(H2,13,17,18). The lowest BCUT2D eigenvalue weighted by molar-refractivity contribution is 0.165. The van der Waals surface area contributed by atoms with E-state index in [1.165, 1.54) is 11.0 Å². The highest BCUT2D eigenvalue weighted by molar-refractivity contribution is 7.89. The van der Waals surface area contributed by atoms with Crippen LogP contribution in [0.1, 0.15) is 11.1 Å². The number of benzene rings is 1. The summed E-state index contributed by atoms with van der Waals surface area (Å²) in [6.07, 6.45) is 0.722. The Bertz CT molecular complexity index is 611. The Labute approximate surface area is 112 Å². The third-order valence-electron chi connectivity index (χ3n) is 3.17. The van der Waals surface area contributed by atoms with Gasteiger partial charge in [-0.25, -0.2) is 18.4 Å². The Morgan fingerprint density at radius 1 is 1.32 bits per heavy atom. The van der Waals surface area contributed by atoms with Gasteiger partial charge >= 0.3 is 6.03 Å². The number of nitrogens with two attached hydrogens (primary N) is 1. The van der Waals surface area contributed by atoms with Crippen molar-refractivity contribution < 1.29 is 13.2 Å². The number of amides is 2. The number of carbonyl (C=O) groups excluding carboxylic acids is 1. The van der Waals surface area contributed by atoms with Gasteiger partial charge in [0.1, 0.15) is 0 Å². The summed E-state index contributed by atoms with van der Waals surface area (Å²) in [4.78, 5) is 15.2. The summed E-state index contributed by atoms with van der Waals surface area (Å²) >= 11 is 0. The van der Waals surface area contributed by atoms with Crippen LogP contribution in [-0.4, -0.2) is 44.9 Å². The van der Waals surface area contributed by atoms with Crippen LogP contribution in [0.15, 0.2) is 23.1 Å². The highest BCUT2D eigenvalue weighted by atomic mass is 32.2. The van der Waals surface area contributed by atoms with E-state index in [1.807, 2.05) is 0 Å². The predicted molar refractivity (Wildman–Crippen MR) is 71.0 cm³/mol. The minimum atomic E-state index is -3.70. The summed E-state index contributed by atoms with van der Waals surface area (Å²) in [5.74, 6) is 0. The third-order valence-corrected chi connectivity index (χ3v) is 4.08. The Balaban J connectivity index is 2.31. The Morgan fingerprint density at radius 3 is 2.58 bits per heavy atom. The van der Waals surface area contributed by atoms with Gasteiger partial charge in [-0.3, -0.25) is 0 Å². The molecule has 19 heavy (non-hydrogen) atoms. The Morgan fingerprint density at radius 2 is 2.00 bits per heavy atom. The predicted octanol–water partition coefficient (Wildman–Crippen LogP) is 0.374. The molecule has 1 aliphatic heterocycles. The second-order valence-electron chi connectivity index (χ2n) is 4.82. The molecule has 2 rings (SSSR count). The fraction of sp³-hybridized carbons (Fsp3) is 0.417. The molecular formula is C12H17N3O3S. The molecule has 6 nitrogen and oxygen atoms in total. The molecule has 0 radical (unpaired) electrons. The smallest absolute Gasteiger partial charge is 0.319 e. The summed E-state index contributed by atoms with van der Waals surface area (Å²) in [5, 5.41) is 5.12. The van der Waals surface area contributed by atoms with Crippen molar-refractivity contribution in [3.8, 4) is 0 Å². The van der Waals surface area contributed by atoms with Crippen molar-refractivity contribution in [2.45, 2.75) is 17.9 Å². The van der Waals surface area contributed by atoms with E-state index >= 15 is 0 Å². The first-order valence-electron chi connectivity index (χ1n) is 5.90. The van der Waals surface area contributed by atoms with E-state index in [9.17, 15) is 13.2 Å². The zero-order chi connectivity index (χ0) is 14.2. The van der Waals surface area contributed by atoms with Gasteiger partial charge in [0.15, 0.2) is 0 Å². The number of rotatable bonds is 1. The van der Waals surface area contributed by atoms with Crippen LogP contribution in [0.2, 0.25) is 0 Å². The number of fused-ring (bicyclic) bond motifs is 1. The molecule has 0 fully saturated rings. The minimum Gasteiger partial charge on any atom is -0.331 e. The van der Waals surface area contributed by atoms with Gasteiger partial charge in [0.2, 0.25) is 10.0 Å². The molecule has 0 aliphatic carbocycles. The Kier molecular flexibility index (Phi) is 3.51. The molecular weight excluding hydrogens is 266 g/mol. The lowest BCUT2D eigenvalue weighted by Gasteiger charge is -2.31. The first-order valence-corrected chi connectivity index (χ1v) is 7.44. The summed E-state index contributed by atoms with van der Waals surface area (Å²) in [5.41, 5.74) is 1.91. The van der Waals surface area contributed by atoms with E-state index in [0.717, 1.165) is 17.5 Å². The van der Waals surface area contributed by atoms with Gasteiger partial charge in [-0.15, -0.1) is 0 Å². The SMILES string of the molecule is CN(C)C(=O)N1CCc2ccc(S(N)(=O)=O)cc2C1. The van der Waals surface area contributed by atoms with Gasteiger partial charge in [-0.1, -0.05) is 6.07 Å². The van der Waals surface area contributed by atoms with Crippen LogP contribution in [0.25, 0.3) is 0 Å². The van der Waals surface area contributed by atoms with Crippen molar-refractivity contribution in [1.29, 1.82) is 0 Å². The van der Waals surface area contributed by atoms with E-state index in [4.69, 9.17) is 5.14 Å². The van der Waals surface area contributed by atoms with Crippen LogP contribution >= 0.6 is 0 Å². The molecule has 0 bridgehead atoms. The maximum Gasteiger partial charge on any atom is 0.319 e. The first kappa shape index (κ1) is 13.8. The zero-order valence-corrected chi connectivity index (χ0v) is 11.8. The maximum absolute atomic E-state index is 11.9. The van der Waals surface area contributed by atoms with Crippen LogP contribution in [0.3, 0.4) is 0 Å². The van der Waals surface area contributed by atoms with E-state index in [2.05, 4.69) is 0 Å². The molecule has 2 amide bonds. The number of primary sulfonamides is 1. The normalized spacial score (nSPS) is 15.0. The summed E-state index contributed by atoms with van der Waals surface area (Å²) in [6.45, 7) is 1.05. The van der Waals surface area contributed by atoms with Crippen LogP contribution in [-0.2, 0) is 23.0 Å². The van der Waals surface area contributed by atoms with Crippen LogP contribution in [0.4, 0.5) is 4.79 Å². The van der Waals surface area contributed by atoms with E-state index in [-0.39, 0.29) is 10.9 Å². The lowest BCUT2D eigenvalue weighted by Crippen LogP contribution is -2.42. The first-order chi connectivity index (χ1) is 8.79. The van der Waals surface area contributed by atoms with Crippen LogP contribution in [0.5, 0.6) is 0 Å². The van der Waals surface area contributed by atoms with Gasteiger partial charge in [0.25, 0.3) is 0 Å². The van der Waals surface area contributed by atoms with Crippen molar-refractivity contribution in [3.63, 3.8) is 0 Å². The number of hydrogen-bond donors (Lipinski definition) is 1. The van der Waals surface area contributed by atoms with Gasteiger partial charge < -0.3 is 9.80 Å². The average Bonchev–Trinajstić information content (AvgIpc) is 2.35. The van der Waals surface area contributed by atoms with Crippen molar-refractivity contribution in [2.24, 2.45) is 5.14 Å². The van der Waals surface area contributed by atoms with Crippen molar-refractivity contribution in [2.75, 3.05) is 20.6 Å². The fourth-order valence-electron chi connectivity index (χ4n) is 2.16. The topological polar surface area (TPSA) is 83.7 Å². The molecule has 104 valence electrons. The summed E-state index contributed by atoms with van der Waals surface area (Å²) in [6, 6.07) is 4.76. The number of urea groups is 1. The van der Waals surface area contributed by atoms with E-state index < -0.39 is 10.0 Å². The molecule has 2 N–H and O–H groups in total. The fourth-order valence-corrected chi connectivity index (χ4v) is 2.72. The van der Waals surface area contributed by atoms with Crippen LogP contribution < -0.4 is 5.14 Å². The van der Waals surface area contributed by atoms with Gasteiger partial charge in [-0.05, 0) is 29.7 Å². The molecule has 0 aromatic heterocycles. The van der Waals surface area contributed by atoms with Crippen molar-refractivity contribution in [3.05, 3.63) is 29.3 Å². The van der Waals surface area contributed by atoms with Gasteiger partial charge in [0, 0.05) is 27.2 Å². The molecule has 1 aliphatic rings. The molecule has 0 unspecified atom stereocenters. The summed E-state index contributed by atoms with van der Waals surface area (Å²) in [7, 11) is -0.318. The van der Waals surface area contributed by atoms with Crippen LogP contribution in [0, 0.1) is 0 Å². The number of carbonyl (C=O) groups is 1. The van der Waals surface area contributed by atoms with Gasteiger partial charge in [0.05, 0.1) is 4.90 Å². The molecule has 1 aromatic carbocycles. The van der Waals surface area contributed by atoms with Gasteiger partial charge in [-0.2, -0.15) is 0 Å². The minimum absolute atomic E-state index is 0.0772. The highest BCUT2D eigenvalue weighted by Crippen LogP contribution is 2.22. The number of hydrogen-bond acceptors (Lipinski definition) is 3. The Hall–Kier alpha value is -1.60. The number of sulfonamides is 1. The third kappa shape index (κ3) is 2.87. The lowest BCUT2D eigenvalue weighted by atomic mass is 10.0. The summed E-state index contributed by atoms with van der Waals surface area (Å²) < 4.78 is 22.7. The monoisotopic (exact) mass is 283 g/mol. The molecule has 0 saturated carbocycles. The maximum atomic E-state index is 11.9. The molecule has 1 heterocycles. The second-order valence-corrected chi connectivity index (χ2v) is 6.39. The average molecular weight is 283 g/mol. The zero-order valence-electron chi connectivity index (χ0n) is 11.0. The molecule has 1 aromatic rings. The molecule has 7 heteroatoms. The highest BCUT2D eigenvalue weighted by Gasteiger charge is 2.23. The largest absolute Gasteiger partial charge is 0.331 e. The van der Waals surface area contributed by atoms with E-state index in [1.54, 1.807) is 31.1 Å². The number of nitrogens with zero attached hydrogens (tertiary/aromatic N) is 2. The molecule has 0 saturated heterocycles.